The van der Waals surface area contributed by atoms with Crippen molar-refractivity contribution in [1.29, 1.82) is 0 Å². The molecule has 1 amide bonds. The molecule has 1 aromatic heterocycles. The molecule has 1 rings (SSSR count). The van der Waals surface area contributed by atoms with Crippen LogP contribution in [0.3, 0.4) is 0 Å². The number of anilines is 2. The number of hydrogen-bond acceptors (Lipinski definition) is 6. The van der Waals surface area contributed by atoms with Gasteiger partial charge in [-0.3, -0.25) is 10.2 Å². The summed E-state index contributed by atoms with van der Waals surface area (Å²) in [5.74, 6) is 0.498. The minimum atomic E-state index is -0.202. The van der Waals surface area contributed by atoms with E-state index in [0.717, 1.165) is 6.42 Å². The van der Waals surface area contributed by atoms with Crippen LogP contribution in [0.4, 0.5) is 11.9 Å². The lowest BCUT2D eigenvalue weighted by molar-refractivity contribution is -0.119. The molecule has 0 radical (unpaired) electrons. The number of aromatic nitrogens is 3. The van der Waals surface area contributed by atoms with Crippen molar-refractivity contribution in [3.63, 3.8) is 0 Å². The molecule has 0 saturated heterocycles. The van der Waals surface area contributed by atoms with Crippen LogP contribution in [0.2, 0.25) is 5.28 Å². The zero-order valence-corrected chi connectivity index (χ0v) is 13.2. The highest BCUT2D eigenvalue weighted by Crippen LogP contribution is 2.15. The maximum Gasteiger partial charge on any atom is 0.250 e. The number of halogens is 1. The molecule has 1 atom stereocenters. The molecule has 0 saturated carbocycles. The number of nitrogens with zero attached hydrogens (tertiary/aromatic N) is 4. The predicted octanol–water partition coefficient (Wildman–Crippen LogP) is 2.00. The Kier molecular flexibility index (Phi) is 5.94. The van der Waals surface area contributed by atoms with Gasteiger partial charge in [-0.25, -0.2) is 5.01 Å². The van der Waals surface area contributed by atoms with Crippen molar-refractivity contribution in [3.05, 3.63) is 5.28 Å². The highest BCUT2D eigenvalue weighted by atomic mass is 35.5. The van der Waals surface area contributed by atoms with E-state index in [2.05, 4.69) is 32.6 Å². The Morgan fingerprint density at radius 3 is 2.45 bits per heavy atom. The van der Waals surface area contributed by atoms with E-state index in [4.69, 9.17) is 11.6 Å². The van der Waals surface area contributed by atoms with Gasteiger partial charge in [-0.1, -0.05) is 6.92 Å². The fourth-order valence-corrected chi connectivity index (χ4v) is 1.57. The molecule has 0 fully saturated rings. The van der Waals surface area contributed by atoms with Crippen molar-refractivity contribution in [2.45, 2.75) is 53.1 Å². The summed E-state index contributed by atoms with van der Waals surface area (Å²) in [6.07, 6.45) is 0.929. The van der Waals surface area contributed by atoms with Crippen LogP contribution < -0.4 is 15.8 Å². The SMILES string of the molecule is CC[C@H](C)Nc1nc(Cl)nc(N(NC(C)=O)C(C)C)n1. The van der Waals surface area contributed by atoms with Gasteiger partial charge in [-0.15, -0.1) is 0 Å². The Balaban J connectivity index is 3.05. The van der Waals surface area contributed by atoms with E-state index >= 15 is 0 Å². The van der Waals surface area contributed by atoms with Gasteiger partial charge in [-0.05, 0) is 38.8 Å². The third-order valence-corrected chi connectivity index (χ3v) is 2.76. The van der Waals surface area contributed by atoms with Gasteiger partial charge in [0.05, 0.1) is 0 Å². The van der Waals surface area contributed by atoms with Crippen molar-refractivity contribution in [2.24, 2.45) is 0 Å². The van der Waals surface area contributed by atoms with Crippen LogP contribution in [0, 0.1) is 0 Å². The lowest BCUT2D eigenvalue weighted by Gasteiger charge is -2.26. The molecule has 0 aliphatic heterocycles. The van der Waals surface area contributed by atoms with Crippen LogP contribution in [-0.2, 0) is 4.79 Å². The first-order chi connectivity index (χ1) is 9.33. The zero-order chi connectivity index (χ0) is 15.3. The van der Waals surface area contributed by atoms with E-state index in [0.29, 0.717) is 11.9 Å². The van der Waals surface area contributed by atoms with Crippen LogP contribution in [-0.4, -0.2) is 32.9 Å². The summed E-state index contributed by atoms with van der Waals surface area (Å²) < 4.78 is 0. The van der Waals surface area contributed by atoms with Gasteiger partial charge < -0.3 is 5.32 Å². The molecular weight excluding hydrogens is 280 g/mol. The summed E-state index contributed by atoms with van der Waals surface area (Å²) in [5, 5.41) is 4.77. The second-order valence-electron chi connectivity index (χ2n) is 4.81. The molecule has 7 nitrogen and oxygen atoms in total. The summed E-state index contributed by atoms with van der Waals surface area (Å²) in [6.45, 7) is 9.33. The van der Waals surface area contributed by atoms with Gasteiger partial charge >= 0.3 is 0 Å². The molecular formula is C12H21ClN6O. The Morgan fingerprint density at radius 2 is 1.95 bits per heavy atom. The van der Waals surface area contributed by atoms with Crippen LogP contribution in [0.1, 0.15) is 41.0 Å². The molecule has 1 aromatic rings. The van der Waals surface area contributed by atoms with Crippen LogP contribution in [0.5, 0.6) is 0 Å². The quantitative estimate of drug-likeness (QED) is 0.782. The highest BCUT2D eigenvalue weighted by Gasteiger charge is 2.17. The van der Waals surface area contributed by atoms with Crippen molar-refractivity contribution < 1.29 is 4.79 Å². The lowest BCUT2D eigenvalue weighted by Crippen LogP contribution is -2.46. The van der Waals surface area contributed by atoms with Crippen molar-refractivity contribution >= 4 is 29.4 Å². The van der Waals surface area contributed by atoms with E-state index in [-0.39, 0.29) is 23.3 Å². The van der Waals surface area contributed by atoms with Gasteiger partial charge in [0.25, 0.3) is 5.95 Å². The maximum atomic E-state index is 11.3. The minimum Gasteiger partial charge on any atom is -0.352 e. The number of amides is 1. The number of carbonyl (C=O) groups excluding carboxylic acids is 1. The van der Waals surface area contributed by atoms with Gasteiger partial charge in [0.1, 0.15) is 0 Å². The molecule has 0 spiro atoms. The average Bonchev–Trinajstić information content (AvgIpc) is 2.34. The molecule has 0 unspecified atom stereocenters. The normalized spacial score (nSPS) is 12.2. The first-order valence-electron chi connectivity index (χ1n) is 6.58. The first kappa shape index (κ1) is 16.4. The predicted molar refractivity (Wildman–Crippen MR) is 79.6 cm³/mol. The smallest absolute Gasteiger partial charge is 0.250 e. The summed E-state index contributed by atoms with van der Waals surface area (Å²) in [6, 6.07) is 0.198. The summed E-state index contributed by atoms with van der Waals surface area (Å²) >= 11 is 5.92. The minimum absolute atomic E-state index is 0.0196. The number of nitrogens with one attached hydrogen (secondary N) is 2. The lowest BCUT2D eigenvalue weighted by atomic mass is 10.3. The van der Waals surface area contributed by atoms with Crippen molar-refractivity contribution in [3.8, 4) is 0 Å². The van der Waals surface area contributed by atoms with E-state index in [9.17, 15) is 4.79 Å². The fourth-order valence-electron chi connectivity index (χ4n) is 1.41. The summed E-state index contributed by atoms with van der Waals surface area (Å²) in [7, 11) is 0. The summed E-state index contributed by atoms with van der Waals surface area (Å²) in [5.41, 5.74) is 2.67. The van der Waals surface area contributed by atoms with E-state index in [1.54, 1.807) is 5.01 Å². The van der Waals surface area contributed by atoms with Crippen molar-refractivity contribution in [2.75, 3.05) is 10.3 Å². The number of hydrogen-bond donors (Lipinski definition) is 2. The fraction of sp³-hybridized carbons (Fsp3) is 0.667. The Hall–Kier alpha value is -1.63. The van der Waals surface area contributed by atoms with Crippen molar-refractivity contribution in [1.82, 2.24) is 20.4 Å². The molecule has 0 aromatic carbocycles. The number of carbonyl (C=O) groups is 1. The largest absolute Gasteiger partial charge is 0.352 e. The van der Waals surface area contributed by atoms with E-state index in [1.807, 2.05) is 20.8 Å². The molecule has 112 valence electrons. The van der Waals surface area contributed by atoms with Crippen LogP contribution in [0.15, 0.2) is 0 Å². The van der Waals surface area contributed by atoms with Gasteiger partial charge in [-0.2, -0.15) is 15.0 Å². The van der Waals surface area contributed by atoms with E-state index < -0.39 is 0 Å². The van der Waals surface area contributed by atoms with Crippen LogP contribution >= 0.6 is 11.6 Å². The molecule has 0 aliphatic carbocycles. The molecule has 20 heavy (non-hydrogen) atoms. The average molecular weight is 301 g/mol. The third-order valence-electron chi connectivity index (χ3n) is 2.59. The second-order valence-corrected chi connectivity index (χ2v) is 5.15. The number of hydrazine groups is 1. The van der Waals surface area contributed by atoms with Gasteiger partial charge in [0.2, 0.25) is 17.1 Å². The van der Waals surface area contributed by atoms with E-state index in [1.165, 1.54) is 6.92 Å². The third kappa shape index (κ3) is 4.80. The number of rotatable bonds is 6. The maximum absolute atomic E-state index is 11.3. The zero-order valence-electron chi connectivity index (χ0n) is 12.4. The molecule has 1 heterocycles. The molecule has 2 N–H and O–H groups in total. The Morgan fingerprint density at radius 1 is 1.30 bits per heavy atom. The molecule has 8 heteroatoms. The Bertz CT molecular complexity index is 467. The Labute approximate surface area is 124 Å². The monoisotopic (exact) mass is 300 g/mol. The molecule has 0 bridgehead atoms. The highest BCUT2D eigenvalue weighted by molar-refractivity contribution is 6.28. The van der Waals surface area contributed by atoms with Gasteiger partial charge in [0, 0.05) is 19.0 Å². The second kappa shape index (κ2) is 7.23. The van der Waals surface area contributed by atoms with Gasteiger partial charge in [0.15, 0.2) is 0 Å². The summed E-state index contributed by atoms with van der Waals surface area (Å²) in [4.78, 5) is 23.6. The topological polar surface area (TPSA) is 83.0 Å². The standard InChI is InChI=1S/C12H21ClN6O/c1-6-8(4)14-11-15-10(13)16-12(17-11)19(7(2)3)18-9(5)20/h7-8H,6H2,1-5H3,(H,18,20)(H,14,15,16,17)/t8-/m0/s1. The molecule has 0 aliphatic rings. The van der Waals surface area contributed by atoms with Crippen LogP contribution in [0.25, 0.3) is 0 Å². The first-order valence-corrected chi connectivity index (χ1v) is 6.95.